The fourth-order valence-corrected chi connectivity index (χ4v) is 3.06. The zero-order chi connectivity index (χ0) is 15.0. The first-order valence-corrected chi connectivity index (χ1v) is 7.19. The summed E-state index contributed by atoms with van der Waals surface area (Å²) in [6.07, 6.45) is -0.0603. The quantitative estimate of drug-likeness (QED) is 0.910. The van der Waals surface area contributed by atoms with Gasteiger partial charge in [-0.3, -0.25) is 0 Å². The van der Waals surface area contributed by atoms with Crippen LogP contribution in [0.5, 0.6) is 11.5 Å². The normalized spacial score (nSPS) is 20.6. The molecule has 0 saturated heterocycles. The molecule has 2 atom stereocenters. The molecular weight excluding hydrogens is 264 g/mol. The highest BCUT2D eigenvalue weighted by Crippen LogP contribution is 2.43. The van der Waals surface area contributed by atoms with E-state index in [2.05, 4.69) is 26.0 Å². The molecule has 1 heterocycles. The Labute approximate surface area is 125 Å². The molecule has 2 aromatic rings. The van der Waals surface area contributed by atoms with E-state index in [1.165, 1.54) is 16.7 Å². The molecule has 0 spiro atoms. The maximum Gasteiger partial charge on any atom is 0.129 e. The largest absolute Gasteiger partial charge is 0.497 e. The van der Waals surface area contributed by atoms with Gasteiger partial charge in [-0.15, -0.1) is 0 Å². The van der Waals surface area contributed by atoms with E-state index in [0.717, 1.165) is 11.3 Å². The van der Waals surface area contributed by atoms with Crippen LogP contribution in [-0.2, 0) is 0 Å². The Kier molecular flexibility index (Phi) is 3.60. The molecular formula is C18H20O3. The lowest BCUT2D eigenvalue weighted by atomic mass is 9.90. The Morgan fingerprint density at radius 1 is 1.14 bits per heavy atom. The number of hydrogen-bond donors (Lipinski definition) is 1. The maximum absolute atomic E-state index is 10.4. The Morgan fingerprint density at radius 2 is 1.86 bits per heavy atom. The van der Waals surface area contributed by atoms with E-state index in [4.69, 9.17) is 9.47 Å². The van der Waals surface area contributed by atoms with Gasteiger partial charge in [-0.2, -0.15) is 0 Å². The summed E-state index contributed by atoms with van der Waals surface area (Å²) in [5.41, 5.74) is 4.39. The van der Waals surface area contributed by atoms with Crippen molar-refractivity contribution >= 4 is 0 Å². The first-order chi connectivity index (χ1) is 10.1. The number of methoxy groups -OCH3 is 1. The second-order valence-corrected chi connectivity index (χ2v) is 5.57. The van der Waals surface area contributed by atoms with Crippen molar-refractivity contribution in [1.29, 1.82) is 0 Å². The molecule has 1 N–H and O–H groups in total. The van der Waals surface area contributed by atoms with Crippen molar-refractivity contribution < 1.29 is 14.6 Å². The molecule has 0 amide bonds. The SMILES string of the molecule is COc1ccc2c(c1)OC(c1c(C)cccc1C)CC2O. The summed E-state index contributed by atoms with van der Waals surface area (Å²) in [4.78, 5) is 0. The van der Waals surface area contributed by atoms with Crippen LogP contribution in [0.3, 0.4) is 0 Å². The topological polar surface area (TPSA) is 38.7 Å². The minimum Gasteiger partial charge on any atom is -0.497 e. The van der Waals surface area contributed by atoms with E-state index < -0.39 is 6.10 Å². The second kappa shape index (κ2) is 5.41. The summed E-state index contributed by atoms with van der Waals surface area (Å²) in [5.74, 6) is 1.45. The summed E-state index contributed by atoms with van der Waals surface area (Å²) in [5, 5.41) is 10.4. The fraction of sp³-hybridized carbons (Fsp3) is 0.333. The van der Waals surface area contributed by atoms with E-state index in [-0.39, 0.29) is 6.10 Å². The van der Waals surface area contributed by atoms with Crippen molar-refractivity contribution in [3.05, 3.63) is 58.7 Å². The van der Waals surface area contributed by atoms with Crippen LogP contribution in [0.2, 0.25) is 0 Å². The van der Waals surface area contributed by atoms with Gasteiger partial charge in [0.25, 0.3) is 0 Å². The number of aliphatic hydroxyl groups excluding tert-OH is 1. The predicted octanol–water partition coefficient (Wildman–Crippen LogP) is 3.87. The van der Waals surface area contributed by atoms with Gasteiger partial charge in [0.05, 0.1) is 13.2 Å². The lowest BCUT2D eigenvalue weighted by Crippen LogP contribution is -2.20. The Bertz CT molecular complexity index is 643. The van der Waals surface area contributed by atoms with Crippen molar-refractivity contribution in [2.75, 3.05) is 7.11 Å². The third-order valence-electron chi connectivity index (χ3n) is 4.15. The van der Waals surface area contributed by atoms with Crippen molar-refractivity contribution in [2.24, 2.45) is 0 Å². The molecule has 3 heteroatoms. The van der Waals surface area contributed by atoms with Gasteiger partial charge >= 0.3 is 0 Å². The monoisotopic (exact) mass is 284 g/mol. The summed E-state index contributed by atoms with van der Waals surface area (Å²) < 4.78 is 11.4. The minimum atomic E-state index is -0.510. The zero-order valence-electron chi connectivity index (χ0n) is 12.6. The van der Waals surface area contributed by atoms with Crippen LogP contribution in [0.1, 0.15) is 40.9 Å². The smallest absolute Gasteiger partial charge is 0.129 e. The molecule has 21 heavy (non-hydrogen) atoms. The van der Waals surface area contributed by atoms with Gasteiger partial charge in [0, 0.05) is 18.1 Å². The lowest BCUT2D eigenvalue weighted by Gasteiger charge is -2.31. The highest BCUT2D eigenvalue weighted by Gasteiger charge is 2.30. The predicted molar refractivity (Wildman–Crippen MR) is 81.9 cm³/mol. The van der Waals surface area contributed by atoms with Crippen molar-refractivity contribution in [3.8, 4) is 11.5 Å². The van der Waals surface area contributed by atoms with Crippen LogP contribution < -0.4 is 9.47 Å². The number of ether oxygens (including phenoxy) is 2. The number of aliphatic hydroxyl groups is 1. The van der Waals surface area contributed by atoms with E-state index in [0.29, 0.717) is 12.2 Å². The van der Waals surface area contributed by atoms with Crippen LogP contribution in [0, 0.1) is 13.8 Å². The summed E-state index contributed by atoms with van der Waals surface area (Å²) in [7, 11) is 1.63. The van der Waals surface area contributed by atoms with Gasteiger partial charge in [-0.05, 0) is 42.7 Å². The first-order valence-electron chi connectivity index (χ1n) is 7.19. The molecule has 110 valence electrons. The molecule has 0 aliphatic carbocycles. The highest BCUT2D eigenvalue weighted by atomic mass is 16.5. The van der Waals surface area contributed by atoms with Gasteiger partial charge in [0.1, 0.15) is 17.6 Å². The molecule has 3 nitrogen and oxygen atoms in total. The third kappa shape index (κ3) is 2.49. The number of benzene rings is 2. The molecule has 3 rings (SSSR count). The average Bonchev–Trinajstić information content (AvgIpc) is 2.46. The van der Waals surface area contributed by atoms with Crippen LogP contribution in [0.15, 0.2) is 36.4 Å². The van der Waals surface area contributed by atoms with Gasteiger partial charge in [-0.25, -0.2) is 0 Å². The molecule has 2 unspecified atom stereocenters. The van der Waals surface area contributed by atoms with Crippen molar-refractivity contribution in [2.45, 2.75) is 32.5 Å². The molecule has 2 aromatic carbocycles. The van der Waals surface area contributed by atoms with Crippen molar-refractivity contribution in [1.82, 2.24) is 0 Å². The second-order valence-electron chi connectivity index (χ2n) is 5.57. The minimum absolute atomic E-state index is 0.124. The average molecular weight is 284 g/mol. The van der Waals surface area contributed by atoms with Crippen molar-refractivity contribution in [3.63, 3.8) is 0 Å². The standard InChI is InChI=1S/C18H20O3/c1-11-5-4-6-12(2)18(11)17-10-15(19)14-8-7-13(20-3)9-16(14)21-17/h4-9,15,17,19H,10H2,1-3H3. The molecule has 0 bridgehead atoms. The van der Waals surface area contributed by atoms with Crippen LogP contribution in [0.4, 0.5) is 0 Å². The summed E-state index contributed by atoms with van der Waals surface area (Å²) in [6.45, 7) is 4.17. The number of aryl methyl sites for hydroxylation is 2. The number of hydrogen-bond acceptors (Lipinski definition) is 3. The molecule has 0 radical (unpaired) electrons. The Hall–Kier alpha value is -2.00. The molecule has 0 aromatic heterocycles. The van der Waals surface area contributed by atoms with E-state index in [1.807, 2.05) is 24.3 Å². The number of fused-ring (bicyclic) bond motifs is 1. The fourth-order valence-electron chi connectivity index (χ4n) is 3.06. The van der Waals surface area contributed by atoms with Crippen LogP contribution >= 0.6 is 0 Å². The molecule has 1 aliphatic heterocycles. The summed E-state index contributed by atoms with van der Waals surface area (Å²) >= 11 is 0. The Morgan fingerprint density at radius 3 is 2.52 bits per heavy atom. The van der Waals surface area contributed by atoms with E-state index >= 15 is 0 Å². The van der Waals surface area contributed by atoms with Gasteiger partial charge in [-0.1, -0.05) is 18.2 Å². The van der Waals surface area contributed by atoms with Gasteiger partial charge in [0.15, 0.2) is 0 Å². The first kappa shape index (κ1) is 14.0. The van der Waals surface area contributed by atoms with E-state index in [1.54, 1.807) is 7.11 Å². The highest BCUT2D eigenvalue weighted by molar-refractivity contribution is 5.45. The molecule has 1 aliphatic rings. The lowest BCUT2D eigenvalue weighted by molar-refractivity contribution is 0.0649. The molecule has 0 saturated carbocycles. The summed E-state index contributed by atoms with van der Waals surface area (Å²) in [6, 6.07) is 11.8. The van der Waals surface area contributed by atoms with Gasteiger partial charge < -0.3 is 14.6 Å². The molecule has 0 fully saturated rings. The Balaban J connectivity index is 2.01. The maximum atomic E-state index is 10.4. The number of rotatable bonds is 2. The van der Waals surface area contributed by atoms with E-state index in [9.17, 15) is 5.11 Å². The zero-order valence-corrected chi connectivity index (χ0v) is 12.6. The van der Waals surface area contributed by atoms with Crippen LogP contribution in [-0.4, -0.2) is 12.2 Å². The van der Waals surface area contributed by atoms with Gasteiger partial charge in [0.2, 0.25) is 0 Å². The third-order valence-corrected chi connectivity index (χ3v) is 4.15. The van der Waals surface area contributed by atoms with Crippen LogP contribution in [0.25, 0.3) is 0 Å².